The van der Waals surface area contributed by atoms with Gasteiger partial charge in [-0.15, -0.1) is 0 Å². The Morgan fingerprint density at radius 3 is 2.62 bits per heavy atom. The van der Waals surface area contributed by atoms with Gasteiger partial charge in [-0.25, -0.2) is 0 Å². The summed E-state index contributed by atoms with van der Waals surface area (Å²) >= 11 is 0. The van der Waals surface area contributed by atoms with Crippen molar-refractivity contribution in [2.24, 2.45) is 0 Å². The van der Waals surface area contributed by atoms with Gasteiger partial charge in [0.2, 0.25) is 0 Å². The summed E-state index contributed by atoms with van der Waals surface area (Å²) in [6.07, 6.45) is 4.04. The fraction of sp³-hybridized carbons (Fsp3) is 0.538. The summed E-state index contributed by atoms with van der Waals surface area (Å²) in [6, 6.07) is 5.78. The molecule has 0 fully saturated rings. The first-order valence-corrected chi connectivity index (χ1v) is 5.84. The highest BCUT2D eigenvalue weighted by Crippen LogP contribution is 2.25. The summed E-state index contributed by atoms with van der Waals surface area (Å²) in [6.45, 7) is 2.98. The van der Waals surface area contributed by atoms with E-state index in [9.17, 15) is 0 Å². The molecule has 0 spiro atoms. The highest BCUT2D eigenvalue weighted by atomic mass is 16.5. The predicted molar refractivity (Wildman–Crippen MR) is 66.6 cm³/mol. The lowest BCUT2D eigenvalue weighted by molar-refractivity contribution is 0.273. The molecule has 0 amide bonds. The zero-order valence-corrected chi connectivity index (χ0v) is 9.91. The number of aliphatic hydroxyl groups is 1. The van der Waals surface area contributed by atoms with Crippen molar-refractivity contribution < 1.29 is 9.84 Å². The SMILES string of the molecule is Cc1cccc(N)c1OCCCCCCO. The molecular weight excluding hydrogens is 202 g/mol. The summed E-state index contributed by atoms with van der Waals surface area (Å²) in [5.41, 5.74) is 7.61. The number of aryl methyl sites for hydroxylation is 1. The number of benzene rings is 1. The highest BCUT2D eigenvalue weighted by molar-refractivity contribution is 5.56. The van der Waals surface area contributed by atoms with E-state index in [0.717, 1.165) is 37.0 Å². The molecule has 0 aliphatic carbocycles. The number of hydrogen-bond acceptors (Lipinski definition) is 3. The van der Waals surface area contributed by atoms with Gasteiger partial charge in [-0.3, -0.25) is 0 Å². The molecule has 3 nitrogen and oxygen atoms in total. The van der Waals surface area contributed by atoms with E-state index in [1.165, 1.54) is 0 Å². The molecule has 0 atom stereocenters. The van der Waals surface area contributed by atoms with Gasteiger partial charge in [0.1, 0.15) is 5.75 Å². The van der Waals surface area contributed by atoms with Crippen molar-refractivity contribution in [2.45, 2.75) is 32.6 Å². The molecule has 0 saturated heterocycles. The van der Waals surface area contributed by atoms with E-state index in [2.05, 4.69) is 0 Å². The molecule has 0 saturated carbocycles. The van der Waals surface area contributed by atoms with Gasteiger partial charge in [0.25, 0.3) is 0 Å². The van der Waals surface area contributed by atoms with Gasteiger partial charge in [0.15, 0.2) is 0 Å². The van der Waals surface area contributed by atoms with Crippen molar-refractivity contribution in [1.82, 2.24) is 0 Å². The molecule has 0 heterocycles. The zero-order chi connectivity index (χ0) is 11.8. The lowest BCUT2D eigenvalue weighted by atomic mass is 10.2. The van der Waals surface area contributed by atoms with Crippen molar-refractivity contribution >= 4 is 5.69 Å². The third-order valence-corrected chi connectivity index (χ3v) is 2.54. The Balaban J connectivity index is 2.26. The Hall–Kier alpha value is -1.22. The average Bonchev–Trinajstić information content (AvgIpc) is 2.26. The molecule has 1 rings (SSSR count). The van der Waals surface area contributed by atoms with Crippen LogP contribution in [0.2, 0.25) is 0 Å². The number of hydrogen-bond donors (Lipinski definition) is 2. The Labute approximate surface area is 97.2 Å². The number of aliphatic hydroxyl groups excluding tert-OH is 1. The van der Waals surface area contributed by atoms with Crippen LogP contribution >= 0.6 is 0 Å². The molecule has 0 bridgehead atoms. The van der Waals surface area contributed by atoms with Crippen LogP contribution in [0.3, 0.4) is 0 Å². The topological polar surface area (TPSA) is 55.5 Å². The van der Waals surface area contributed by atoms with Crippen LogP contribution in [0.15, 0.2) is 18.2 Å². The summed E-state index contributed by atoms with van der Waals surface area (Å²) < 4.78 is 5.66. The molecule has 0 aliphatic heterocycles. The van der Waals surface area contributed by atoms with E-state index in [1.54, 1.807) is 0 Å². The van der Waals surface area contributed by atoms with Gasteiger partial charge in [-0.05, 0) is 37.8 Å². The molecule has 0 unspecified atom stereocenters. The second kappa shape index (κ2) is 7.12. The first-order chi connectivity index (χ1) is 7.75. The quantitative estimate of drug-likeness (QED) is 0.551. The number of rotatable bonds is 7. The Kier molecular flexibility index (Phi) is 5.72. The van der Waals surface area contributed by atoms with Crippen LogP contribution in [0.4, 0.5) is 5.69 Å². The number of para-hydroxylation sites is 1. The maximum atomic E-state index is 8.63. The standard InChI is InChI=1S/C13H21NO2/c1-11-7-6-8-12(14)13(11)16-10-5-3-2-4-9-15/h6-8,15H,2-5,9-10,14H2,1H3. The maximum Gasteiger partial charge on any atom is 0.145 e. The molecule has 0 aromatic heterocycles. The number of unbranched alkanes of at least 4 members (excludes halogenated alkanes) is 3. The van der Waals surface area contributed by atoms with E-state index in [0.29, 0.717) is 12.3 Å². The van der Waals surface area contributed by atoms with Crippen molar-refractivity contribution in [3.63, 3.8) is 0 Å². The smallest absolute Gasteiger partial charge is 0.145 e. The summed E-state index contributed by atoms with van der Waals surface area (Å²) in [5, 5.41) is 8.63. The summed E-state index contributed by atoms with van der Waals surface area (Å²) in [4.78, 5) is 0. The molecule has 3 N–H and O–H groups in total. The lowest BCUT2D eigenvalue weighted by Gasteiger charge is -2.11. The normalized spacial score (nSPS) is 10.4. The van der Waals surface area contributed by atoms with Gasteiger partial charge < -0.3 is 15.6 Å². The number of nitrogens with two attached hydrogens (primary N) is 1. The Morgan fingerprint density at radius 1 is 1.19 bits per heavy atom. The van der Waals surface area contributed by atoms with Gasteiger partial charge in [-0.2, -0.15) is 0 Å². The second-order valence-electron chi connectivity index (χ2n) is 3.98. The lowest BCUT2D eigenvalue weighted by Crippen LogP contribution is -2.02. The van der Waals surface area contributed by atoms with Crippen LogP contribution in [0.1, 0.15) is 31.2 Å². The molecule has 1 aromatic carbocycles. The third kappa shape index (κ3) is 4.11. The van der Waals surface area contributed by atoms with Crippen LogP contribution in [0.5, 0.6) is 5.75 Å². The average molecular weight is 223 g/mol. The van der Waals surface area contributed by atoms with Crippen molar-refractivity contribution in [1.29, 1.82) is 0 Å². The minimum Gasteiger partial charge on any atom is -0.491 e. The van der Waals surface area contributed by atoms with Gasteiger partial charge in [-0.1, -0.05) is 18.6 Å². The van der Waals surface area contributed by atoms with Crippen LogP contribution in [0, 0.1) is 6.92 Å². The zero-order valence-electron chi connectivity index (χ0n) is 9.91. The Morgan fingerprint density at radius 2 is 1.94 bits per heavy atom. The number of anilines is 1. The summed E-state index contributed by atoms with van der Waals surface area (Å²) in [5.74, 6) is 0.810. The van der Waals surface area contributed by atoms with Crippen LogP contribution in [-0.4, -0.2) is 18.3 Å². The second-order valence-corrected chi connectivity index (χ2v) is 3.98. The van der Waals surface area contributed by atoms with Crippen molar-refractivity contribution in [2.75, 3.05) is 18.9 Å². The van der Waals surface area contributed by atoms with Crippen molar-refractivity contribution in [3.8, 4) is 5.75 Å². The van der Waals surface area contributed by atoms with Gasteiger partial charge in [0.05, 0.1) is 12.3 Å². The van der Waals surface area contributed by atoms with Crippen LogP contribution < -0.4 is 10.5 Å². The van der Waals surface area contributed by atoms with E-state index >= 15 is 0 Å². The first kappa shape index (κ1) is 12.8. The maximum absolute atomic E-state index is 8.63. The highest BCUT2D eigenvalue weighted by Gasteiger charge is 2.02. The van der Waals surface area contributed by atoms with Gasteiger partial charge in [0, 0.05) is 6.61 Å². The fourth-order valence-corrected chi connectivity index (χ4v) is 1.61. The minimum atomic E-state index is 0.283. The summed E-state index contributed by atoms with van der Waals surface area (Å²) in [7, 11) is 0. The van der Waals surface area contributed by atoms with Crippen LogP contribution in [-0.2, 0) is 0 Å². The fourth-order valence-electron chi connectivity index (χ4n) is 1.61. The van der Waals surface area contributed by atoms with Crippen molar-refractivity contribution in [3.05, 3.63) is 23.8 Å². The van der Waals surface area contributed by atoms with E-state index in [4.69, 9.17) is 15.6 Å². The molecule has 3 heteroatoms. The molecular formula is C13H21NO2. The molecule has 90 valence electrons. The molecule has 16 heavy (non-hydrogen) atoms. The van der Waals surface area contributed by atoms with Gasteiger partial charge >= 0.3 is 0 Å². The predicted octanol–water partition coefficient (Wildman–Crippen LogP) is 2.51. The largest absolute Gasteiger partial charge is 0.491 e. The van der Waals surface area contributed by atoms with E-state index in [1.807, 2.05) is 25.1 Å². The van der Waals surface area contributed by atoms with E-state index < -0.39 is 0 Å². The minimum absolute atomic E-state index is 0.283. The monoisotopic (exact) mass is 223 g/mol. The molecule has 1 aromatic rings. The third-order valence-electron chi connectivity index (χ3n) is 2.54. The van der Waals surface area contributed by atoms with Crippen LogP contribution in [0.25, 0.3) is 0 Å². The first-order valence-electron chi connectivity index (χ1n) is 5.84. The molecule has 0 radical (unpaired) electrons. The molecule has 0 aliphatic rings. The number of ether oxygens (including phenoxy) is 1. The van der Waals surface area contributed by atoms with E-state index in [-0.39, 0.29) is 6.61 Å². The number of nitrogen functional groups attached to an aromatic ring is 1. The Bertz CT molecular complexity index is 293.